The van der Waals surface area contributed by atoms with Crippen molar-refractivity contribution in [3.05, 3.63) is 57.5 Å². The van der Waals surface area contributed by atoms with Crippen LogP contribution in [0.4, 0.5) is 0 Å². The van der Waals surface area contributed by atoms with E-state index in [0.29, 0.717) is 10.7 Å². The van der Waals surface area contributed by atoms with Crippen LogP contribution in [0.1, 0.15) is 51.6 Å². The van der Waals surface area contributed by atoms with Gasteiger partial charge in [-0.05, 0) is 59.9 Å². The SMILES string of the molecule is O=C(OCc1nnnn1-c1ccccc1)c1cc2c(s1)CCCCCC2. The van der Waals surface area contributed by atoms with Crippen molar-refractivity contribution in [2.75, 3.05) is 0 Å². The number of tetrazole rings is 1. The van der Waals surface area contributed by atoms with Gasteiger partial charge >= 0.3 is 5.97 Å². The lowest BCUT2D eigenvalue weighted by Crippen LogP contribution is -2.09. The van der Waals surface area contributed by atoms with E-state index in [1.54, 1.807) is 16.0 Å². The van der Waals surface area contributed by atoms with Crippen LogP contribution in [-0.2, 0) is 24.2 Å². The average molecular weight is 368 g/mol. The van der Waals surface area contributed by atoms with Gasteiger partial charge in [-0.25, -0.2) is 4.79 Å². The normalized spacial score (nSPS) is 14.3. The molecule has 3 aromatic rings. The molecule has 0 spiro atoms. The molecule has 0 amide bonds. The number of fused-ring (bicyclic) bond motifs is 1. The Bertz CT molecular complexity index is 863. The molecule has 1 aliphatic carbocycles. The number of nitrogens with zero attached hydrogens (tertiary/aromatic N) is 4. The molecular formula is C19H20N4O2S. The monoisotopic (exact) mass is 368 g/mol. The van der Waals surface area contributed by atoms with Crippen LogP contribution in [0.2, 0.25) is 0 Å². The molecule has 2 aromatic heterocycles. The summed E-state index contributed by atoms with van der Waals surface area (Å²) in [5, 5.41) is 11.7. The number of rotatable bonds is 4. The van der Waals surface area contributed by atoms with Crippen LogP contribution in [0, 0.1) is 0 Å². The van der Waals surface area contributed by atoms with Gasteiger partial charge < -0.3 is 4.74 Å². The molecule has 1 aromatic carbocycles. The molecule has 6 nitrogen and oxygen atoms in total. The van der Waals surface area contributed by atoms with Crippen molar-refractivity contribution in [3.8, 4) is 5.69 Å². The lowest BCUT2D eigenvalue weighted by Gasteiger charge is -2.07. The first kappa shape index (κ1) is 16.9. The highest BCUT2D eigenvalue weighted by Gasteiger charge is 2.18. The van der Waals surface area contributed by atoms with Crippen molar-refractivity contribution in [1.82, 2.24) is 20.2 Å². The molecule has 0 N–H and O–H groups in total. The van der Waals surface area contributed by atoms with Crippen molar-refractivity contribution in [2.45, 2.75) is 45.1 Å². The number of benzene rings is 1. The van der Waals surface area contributed by atoms with Crippen LogP contribution in [0.5, 0.6) is 0 Å². The molecule has 0 radical (unpaired) electrons. The van der Waals surface area contributed by atoms with Crippen LogP contribution in [-0.4, -0.2) is 26.2 Å². The average Bonchev–Trinajstić information content (AvgIpc) is 3.27. The third-order valence-electron chi connectivity index (χ3n) is 4.56. The largest absolute Gasteiger partial charge is 0.453 e. The first-order valence-corrected chi connectivity index (χ1v) is 9.74. The van der Waals surface area contributed by atoms with Gasteiger partial charge in [0.25, 0.3) is 0 Å². The number of para-hydroxylation sites is 1. The Morgan fingerprint density at radius 1 is 1.12 bits per heavy atom. The standard InChI is InChI=1S/C19H20N4O2S/c24-19(17-12-14-8-4-1-2-7-11-16(14)26-17)25-13-18-20-21-22-23(18)15-9-5-3-6-10-15/h3,5-6,9-10,12H,1-2,4,7-8,11,13H2. The lowest BCUT2D eigenvalue weighted by molar-refractivity contribution is 0.0465. The summed E-state index contributed by atoms with van der Waals surface area (Å²) in [7, 11) is 0. The highest BCUT2D eigenvalue weighted by Crippen LogP contribution is 2.29. The maximum atomic E-state index is 12.5. The fourth-order valence-electron chi connectivity index (χ4n) is 3.21. The molecule has 2 heterocycles. The van der Waals surface area contributed by atoms with Crippen molar-refractivity contribution >= 4 is 17.3 Å². The fourth-order valence-corrected chi connectivity index (χ4v) is 4.36. The highest BCUT2D eigenvalue weighted by molar-refractivity contribution is 7.14. The van der Waals surface area contributed by atoms with Crippen LogP contribution < -0.4 is 0 Å². The fraction of sp³-hybridized carbons (Fsp3) is 0.368. The maximum absolute atomic E-state index is 12.5. The van der Waals surface area contributed by atoms with Crippen LogP contribution in [0.3, 0.4) is 0 Å². The maximum Gasteiger partial charge on any atom is 0.348 e. The number of aromatic nitrogens is 4. The number of hydrogen-bond acceptors (Lipinski definition) is 6. The van der Waals surface area contributed by atoms with Gasteiger partial charge in [0.15, 0.2) is 12.4 Å². The van der Waals surface area contributed by atoms with Crippen LogP contribution in [0.25, 0.3) is 5.69 Å². The zero-order valence-corrected chi connectivity index (χ0v) is 15.2. The van der Waals surface area contributed by atoms with Gasteiger partial charge in [0.2, 0.25) is 0 Å². The number of carbonyl (C=O) groups is 1. The van der Waals surface area contributed by atoms with Gasteiger partial charge in [-0.15, -0.1) is 16.4 Å². The highest BCUT2D eigenvalue weighted by atomic mass is 32.1. The first-order chi connectivity index (χ1) is 12.8. The Morgan fingerprint density at radius 3 is 2.77 bits per heavy atom. The molecule has 0 saturated heterocycles. The zero-order chi connectivity index (χ0) is 17.8. The Balaban J connectivity index is 1.45. The Morgan fingerprint density at radius 2 is 1.92 bits per heavy atom. The van der Waals surface area contributed by atoms with Crippen molar-refractivity contribution in [1.29, 1.82) is 0 Å². The van der Waals surface area contributed by atoms with Crippen LogP contribution >= 0.6 is 11.3 Å². The van der Waals surface area contributed by atoms with E-state index in [-0.39, 0.29) is 12.6 Å². The molecule has 1 aliphatic rings. The molecule has 0 fully saturated rings. The minimum atomic E-state index is -0.302. The van der Waals surface area contributed by atoms with Crippen LogP contribution in [0.15, 0.2) is 36.4 Å². The summed E-state index contributed by atoms with van der Waals surface area (Å²) in [6.07, 6.45) is 7.08. The molecule has 0 unspecified atom stereocenters. The van der Waals surface area contributed by atoms with Gasteiger partial charge in [0, 0.05) is 4.88 Å². The van der Waals surface area contributed by atoms with Gasteiger partial charge in [0.1, 0.15) is 4.88 Å². The van der Waals surface area contributed by atoms with Gasteiger partial charge in [-0.2, -0.15) is 4.68 Å². The van der Waals surface area contributed by atoms with E-state index in [4.69, 9.17) is 4.74 Å². The summed E-state index contributed by atoms with van der Waals surface area (Å²) < 4.78 is 7.07. The molecule has 0 bridgehead atoms. The summed E-state index contributed by atoms with van der Waals surface area (Å²) in [6.45, 7) is 0.0449. The summed E-state index contributed by atoms with van der Waals surface area (Å²) in [4.78, 5) is 14.5. The topological polar surface area (TPSA) is 69.9 Å². The second kappa shape index (κ2) is 7.78. The summed E-state index contributed by atoms with van der Waals surface area (Å²) in [6, 6.07) is 11.6. The Labute approximate surface area is 155 Å². The van der Waals surface area contributed by atoms with E-state index in [9.17, 15) is 4.79 Å². The molecule has 0 aliphatic heterocycles. The quantitative estimate of drug-likeness (QED) is 0.656. The second-order valence-corrected chi connectivity index (χ2v) is 7.53. The summed E-state index contributed by atoms with van der Waals surface area (Å²) in [5.74, 6) is 0.198. The third-order valence-corrected chi connectivity index (χ3v) is 5.78. The second-order valence-electron chi connectivity index (χ2n) is 6.39. The Hall–Kier alpha value is -2.54. The van der Waals surface area contributed by atoms with E-state index in [1.807, 2.05) is 36.4 Å². The van der Waals surface area contributed by atoms with Crippen molar-refractivity contribution < 1.29 is 9.53 Å². The molecule has 0 saturated carbocycles. The molecule has 7 heteroatoms. The molecule has 4 rings (SSSR count). The van der Waals surface area contributed by atoms with E-state index >= 15 is 0 Å². The minimum Gasteiger partial charge on any atom is -0.453 e. The lowest BCUT2D eigenvalue weighted by atomic mass is 10.00. The van der Waals surface area contributed by atoms with E-state index < -0.39 is 0 Å². The number of thiophene rings is 1. The smallest absolute Gasteiger partial charge is 0.348 e. The van der Waals surface area contributed by atoms with E-state index in [0.717, 1.165) is 18.5 Å². The number of carbonyl (C=O) groups excluding carboxylic acids is 1. The summed E-state index contributed by atoms with van der Waals surface area (Å²) >= 11 is 1.57. The van der Waals surface area contributed by atoms with Crippen molar-refractivity contribution in [2.24, 2.45) is 0 Å². The van der Waals surface area contributed by atoms with Gasteiger partial charge in [-0.3, -0.25) is 0 Å². The number of aryl methyl sites for hydroxylation is 2. The molecular weight excluding hydrogens is 348 g/mol. The predicted octanol–water partition coefficient (Wildman–Crippen LogP) is 3.74. The Kier molecular flexibility index (Phi) is 5.06. The number of ether oxygens (including phenoxy) is 1. The third kappa shape index (κ3) is 3.67. The minimum absolute atomic E-state index is 0.0449. The summed E-state index contributed by atoms with van der Waals surface area (Å²) in [5.41, 5.74) is 2.15. The van der Waals surface area contributed by atoms with Gasteiger partial charge in [0.05, 0.1) is 5.69 Å². The molecule has 0 atom stereocenters. The number of esters is 1. The van der Waals surface area contributed by atoms with Gasteiger partial charge in [-0.1, -0.05) is 31.0 Å². The zero-order valence-electron chi connectivity index (χ0n) is 14.4. The predicted molar refractivity (Wildman–Crippen MR) is 98.5 cm³/mol. The first-order valence-electron chi connectivity index (χ1n) is 8.92. The van der Waals surface area contributed by atoms with E-state index in [2.05, 4.69) is 15.5 Å². The molecule has 26 heavy (non-hydrogen) atoms. The number of hydrogen-bond donors (Lipinski definition) is 0. The molecule has 134 valence electrons. The van der Waals surface area contributed by atoms with E-state index in [1.165, 1.54) is 36.1 Å². The van der Waals surface area contributed by atoms with Crippen molar-refractivity contribution in [3.63, 3.8) is 0 Å².